The van der Waals surface area contributed by atoms with Crippen LogP contribution in [0.1, 0.15) is 219 Å². The van der Waals surface area contributed by atoms with Crippen molar-refractivity contribution in [1.29, 1.82) is 0 Å². The minimum atomic E-state index is -4.61. The van der Waals surface area contributed by atoms with Crippen LogP contribution in [0, 0.1) is 0 Å². The van der Waals surface area contributed by atoms with Gasteiger partial charge in [0.05, 0.1) is 6.61 Å². The lowest BCUT2D eigenvalue weighted by Gasteiger charge is -2.40. The molecular weight excluding hydrogens is 837 g/mol. The van der Waals surface area contributed by atoms with Crippen LogP contribution in [0.3, 0.4) is 0 Å². The molecule has 1 fully saturated rings. The van der Waals surface area contributed by atoms with Crippen LogP contribution < -0.4 is 0 Å². The van der Waals surface area contributed by atoms with Gasteiger partial charge in [0.2, 0.25) is 0 Å². The van der Waals surface area contributed by atoms with Crippen molar-refractivity contribution >= 4 is 22.1 Å². The summed E-state index contributed by atoms with van der Waals surface area (Å²) in [6.45, 7) is 3.75. The Balaban J connectivity index is 2.39. The third-order valence-electron chi connectivity index (χ3n) is 11.7. The molecule has 0 radical (unpaired) electrons. The average Bonchev–Trinajstić information content (AvgIpc) is 3.26. The van der Waals surface area contributed by atoms with Crippen LogP contribution in [-0.2, 0) is 38.7 Å². The monoisotopic (exact) mass is 929 g/mol. The molecule has 2 unspecified atom stereocenters. The Hall–Kier alpha value is -2.13. The number of carbonyl (C=O) groups excluding carboxylic acids is 2. The van der Waals surface area contributed by atoms with E-state index >= 15 is 0 Å². The fourth-order valence-electron chi connectivity index (χ4n) is 7.70. The molecule has 0 saturated carbocycles. The molecule has 1 saturated heterocycles. The van der Waals surface area contributed by atoms with Gasteiger partial charge in [-0.15, -0.1) is 0 Å². The molecule has 12 nitrogen and oxygen atoms in total. The van der Waals surface area contributed by atoms with Gasteiger partial charge in [-0.25, -0.2) is 0 Å². The average molecular weight is 929 g/mol. The van der Waals surface area contributed by atoms with Crippen molar-refractivity contribution in [2.24, 2.45) is 0 Å². The molecule has 1 aliphatic heterocycles. The van der Waals surface area contributed by atoms with E-state index in [1.807, 2.05) is 0 Å². The summed E-state index contributed by atoms with van der Waals surface area (Å²) in [5.41, 5.74) is 0. The predicted octanol–water partition coefficient (Wildman–Crippen LogP) is 11.3. The van der Waals surface area contributed by atoms with E-state index in [9.17, 15) is 37.9 Å². The van der Waals surface area contributed by atoms with Gasteiger partial charge in [-0.2, -0.15) is 8.42 Å². The minimum Gasteiger partial charge on any atom is -0.462 e. The number of ether oxygens (including phenoxy) is 4. The molecule has 1 aliphatic rings. The van der Waals surface area contributed by atoms with Crippen LogP contribution in [0.15, 0.2) is 36.5 Å². The molecule has 13 heteroatoms. The lowest BCUT2D eigenvalue weighted by molar-refractivity contribution is -0.297. The maximum Gasteiger partial charge on any atom is 0.306 e. The second kappa shape index (κ2) is 41.1. The number of esters is 2. The van der Waals surface area contributed by atoms with E-state index in [1.165, 1.54) is 116 Å². The number of carbonyl (C=O) groups is 2. The first-order chi connectivity index (χ1) is 31.0. The normalized spacial score (nSPS) is 19.9. The summed E-state index contributed by atoms with van der Waals surface area (Å²) in [5, 5.41) is 31.0. The molecule has 0 aromatic heterocycles. The fourth-order valence-corrected chi connectivity index (χ4v) is 8.39. The Bertz CT molecular complexity index is 1320. The zero-order valence-electron chi connectivity index (χ0n) is 40.1. The Morgan fingerprint density at radius 2 is 0.938 bits per heavy atom. The van der Waals surface area contributed by atoms with Gasteiger partial charge in [0.1, 0.15) is 36.8 Å². The molecular formula is C51H92O12S. The highest BCUT2D eigenvalue weighted by molar-refractivity contribution is 7.85. The predicted molar refractivity (Wildman–Crippen MR) is 256 cm³/mol. The van der Waals surface area contributed by atoms with Crippen molar-refractivity contribution in [1.82, 2.24) is 0 Å². The quantitative estimate of drug-likeness (QED) is 0.0196. The van der Waals surface area contributed by atoms with Crippen molar-refractivity contribution in [2.75, 3.05) is 19.0 Å². The van der Waals surface area contributed by atoms with Gasteiger partial charge in [-0.3, -0.25) is 14.1 Å². The van der Waals surface area contributed by atoms with E-state index in [0.29, 0.717) is 12.8 Å². The first-order valence-corrected chi connectivity index (χ1v) is 27.2. The number of hydrogen-bond donors (Lipinski definition) is 4. The number of unbranched alkanes of at least 4 members (excludes halogenated alkanes) is 25. The van der Waals surface area contributed by atoms with Crippen LogP contribution in [0.25, 0.3) is 0 Å². The van der Waals surface area contributed by atoms with Crippen molar-refractivity contribution in [2.45, 2.75) is 256 Å². The molecule has 0 aromatic rings. The van der Waals surface area contributed by atoms with Gasteiger partial charge < -0.3 is 34.3 Å². The zero-order valence-corrected chi connectivity index (χ0v) is 41.0. The maximum absolute atomic E-state index is 12.9. The topological polar surface area (TPSA) is 186 Å². The molecule has 1 rings (SSSR count). The highest BCUT2D eigenvalue weighted by atomic mass is 32.2. The van der Waals surface area contributed by atoms with Crippen LogP contribution >= 0.6 is 0 Å². The summed E-state index contributed by atoms with van der Waals surface area (Å²) in [4.78, 5) is 25.5. The van der Waals surface area contributed by atoms with E-state index in [0.717, 1.165) is 64.2 Å². The van der Waals surface area contributed by atoms with Crippen LogP contribution in [-0.4, -0.2) is 96.0 Å². The Labute approximate surface area is 389 Å². The summed E-state index contributed by atoms with van der Waals surface area (Å²) in [5.74, 6) is -1.99. The van der Waals surface area contributed by atoms with E-state index in [2.05, 4.69) is 50.3 Å². The number of allylic oxidation sites excluding steroid dienone is 6. The number of aliphatic hydroxyl groups excluding tert-OH is 3. The highest BCUT2D eigenvalue weighted by Crippen LogP contribution is 2.24. The molecule has 4 N–H and O–H groups in total. The van der Waals surface area contributed by atoms with E-state index in [4.69, 9.17) is 18.9 Å². The summed E-state index contributed by atoms with van der Waals surface area (Å²) >= 11 is 0. The van der Waals surface area contributed by atoms with Gasteiger partial charge >= 0.3 is 11.9 Å². The van der Waals surface area contributed by atoms with Gasteiger partial charge in [-0.1, -0.05) is 172 Å². The number of aliphatic hydroxyl groups is 3. The SMILES string of the molecule is CCCCC/C=C/C/C=C/CCCCCCCCCCCC(=O)O[C@H](COC(=O)CCCCCCCCC/C=C/CCCCCCCC)CO[C@H]1O[C@H](CS(=O)(=O)O)[C@@H](O)C(O)C1O. The standard InChI is InChI=1S/C51H92O12S/c1-3-5-7-9-11-13-15-17-19-21-22-24-26-28-30-32-34-36-38-40-47(53)62-44(42-61-51-50(56)49(55)48(54)45(63-51)43-64(57,58)59)41-60-46(52)39-37-35-33-31-29-27-25-23-20-18-16-14-12-10-8-6-4-2/h11,13,17-20,44-45,48-51,54-56H,3-10,12,14-16,21-43H2,1-2H3,(H,57,58,59)/b13-11+,19-17+,20-18+/t44-,45-,48-,49?,50?,51+/m1/s1. The van der Waals surface area contributed by atoms with Crippen LogP contribution in [0.4, 0.5) is 0 Å². The molecule has 0 amide bonds. The molecule has 6 atom stereocenters. The van der Waals surface area contributed by atoms with E-state index in [-0.39, 0.29) is 19.4 Å². The molecule has 374 valence electrons. The second-order valence-corrected chi connectivity index (χ2v) is 19.3. The minimum absolute atomic E-state index is 0.159. The fraction of sp³-hybridized carbons (Fsp3) is 0.843. The number of hydrogen-bond acceptors (Lipinski definition) is 11. The second-order valence-electron chi connectivity index (χ2n) is 17.8. The summed E-state index contributed by atoms with van der Waals surface area (Å²) < 4.78 is 54.2. The summed E-state index contributed by atoms with van der Waals surface area (Å²) in [6.07, 6.45) is 38.9. The van der Waals surface area contributed by atoms with Crippen molar-refractivity contribution in [3.05, 3.63) is 36.5 Å². The Morgan fingerprint density at radius 1 is 0.531 bits per heavy atom. The van der Waals surface area contributed by atoms with Gasteiger partial charge in [0.15, 0.2) is 12.4 Å². The summed E-state index contributed by atoms with van der Waals surface area (Å²) in [6, 6.07) is 0. The maximum atomic E-state index is 12.9. The molecule has 0 aromatic carbocycles. The van der Waals surface area contributed by atoms with Gasteiger partial charge in [-0.05, 0) is 70.6 Å². The van der Waals surface area contributed by atoms with Gasteiger partial charge in [0.25, 0.3) is 10.1 Å². The number of rotatable bonds is 43. The first-order valence-electron chi connectivity index (χ1n) is 25.5. The molecule has 1 heterocycles. The first kappa shape index (κ1) is 59.9. The van der Waals surface area contributed by atoms with Crippen molar-refractivity contribution in [3.63, 3.8) is 0 Å². The molecule has 0 aliphatic carbocycles. The van der Waals surface area contributed by atoms with Gasteiger partial charge in [0, 0.05) is 12.8 Å². The van der Waals surface area contributed by atoms with Crippen LogP contribution in [0.5, 0.6) is 0 Å². The smallest absolute Gasteiger partial charge is 0.306 e. The van der Waals surface area contributed by atoms with Crippen molar-refractivity contribution in [3.8, 4) is 0 Å². The van der Waals surface area contributed by atoms with E-state index < -0.39 is 71.2 Å². The van der Waals surface area contributed by atoms with Crippen LogP contribution in [0.2, 0.25) is 0 Å². The lowest BCUT2D eigenvalue weighted by Crippen LogP contribution is -2.60. The largest absolute Gasteiger partial charge is 0.462 e. The zero-order chi connectivity index (χ0) is 46.9. The third kappa shape index (κ3) is 35.1. The summed E-state index contributed by atoms with van der Waals surface area (Å²) in [7, 11) is -4.61. The lowest BCUT2D eigenvalue weighted by atomic mass is 10.00. The Morgan fingerprint density at radius 3 is 1.42 bits per heavy atom. The Kier molecular flexibility index (Phi) is 38.4. The molecule has 0 spiro atoms. The van der Waals surface area contributed by atoms with Crippen molar-refractivity contribution < 1.29 is 56.8 Å². The third-order valence-corrected chi connectivity index (χ3v) is 12.4. The highest BCUT2D eigenvalue weighted by Gasteiger charge is 2.46. The molecule has 64 heavy (non-hydrogen) atoms. The molecule has 0 bridgehead atoms. The van der Waals surface area contributed by atoms with E-state index in [1.54, 1.807) is 0 Å².